The van der Waals surface area contributed by atoms with Gasteiger partial charge in [0.15, 0.2) is 6.73 Å². The molecule has 0 bridgehead atoms. The second kappa shape index (κ2) is 19.7. The van der Waals surface area contributed by atoms with E-state index in [1.165, 1.54) is 10.3 Å². The van der Waals surface area contributed by atoms with Crippen LogP contribution in [-0.2, 0) is 23.9 Å². The average molecular weight is 682 g/mol. The van der Waals surface area contributed by atoms with Crippen LogP contribution in [0.2, 0.25) is 0 Å². The molecule has 2 heterocycles. The van der Waals surface area contributed by atoms with E-state index in [9.17, 15) is 29.1 Å². The predicted octanol–water partition coefficient (Wildman–Crippen LogP) is 3.58. The molecule has 1 aromatic rings. The number of thiazole rings is 1. The van der Waals surface area contributed by atoms with Crippen molar-refractivity contribution in [3.05, 3.63) is 16.1 Å². The molecular formula is C33H55N5O8S. The maximum Gasteiger partial charge on any atom is 0.307 e. The Kier molecular flexibility index (Phi) is 16.8. The number of likely N-dealkylation sites (tertiary alicyclic amines) is 1. The highest BCUT2D eigenvalue weighted by atomic mass is 32.1. The summed E-state index contributed by atoms with van der Waals surface area (Å²) in [6.07, 6.45) is 2.55. The first-order chi connectivity index (χ1) is 22.2. The number of carboxylic acid groups (broad SMARTS) is 1. The van der Waals surface area contributed by atoms with Crippen molar-refractivity contribution in [1.82, 2.24) is 25.4 Å². The van der Waals surface area contributed by atoms with E-state index >= 15 is 0 Å². The second-order valence-corrected chi connectivity index (χ2v) is 14.2. The lowest BCUT2D eigenvalue weighted by atomic mass is 9.92. The van der Waals surface area contributed by atoms with Crippen molar-refractivity contribution >= 4 is 41.0 Å². The van der Waals surface area contributed by atoms with E-state index in [1.54, 1.807) is 0 Å². The van der Waals surface area contributed by atoms with E-state index in [-0.39, 0.29) is 79.4 Å². The minimum absolute atomic E-state index is 0.0465. The topological polar surface area (TPSA) is 178 Å². The smallest absolute Gasteiger partial charge is 0.307 e. The molecule has 0 saturated carbocycles. The third-order valence-electron chi connectivity index (χ3n) is 8.60. The number of rotatable bonds is 19. The number of amides is 3. The second-order valence-electron chi connectivity index (χ2n) is 13.3. The van der Waals surface area contributed by atoms with Gasteiger partial charge in [-0.3, -0.25) is 28.9 Å². The average Bonchev–Trinajstić information content (AvgIpc) is 3.51. The maximum atomic E-state index is 14.4. The van der Waals surface area contributed by atoms with Crippen molar-refractivity contribution in [1.29, 1.82) is 0 Å². The largest absolute Gasteiger partial charge is 0.481 e. The summed E-state index contributed by atoms with van der Waals surface area (Å²) in [5, 5.41) is 27.6. The van der Waals surface area contributed by atoms with Gasteiger partial charge in [0.05, 0.1) is 6.04 Å². The Balaban J connectivity index is 2.32. The SMILES string of the molecule is CC[C@H](C)[C@H](NC(=O)[C@H]1CCCCN1C)C(=O)N(COC(=O)CC(C)C)[C@H](C[C@@H](O)c1nc(C(=O)NCCCC(=O)O)cs1)C(C)C. The van der Waals surface area contributed by atoms with E-state index in [0.29, 0.717) is 12.8 Å². The normalized spacial score (nSPS) is 17.9. The number of nitrogens with one attached hydrogen (secondary N) is 2. The van der Waals surface area contributed by atoms with Crippen molar-refractivity contribution in [2.45, 2.75) is 117 Å². The van der Waals surface area contributed by atoms with Crippen molar-refractivity contribution in [3.63, 3.8) is 0 Å². The summed E-state index contributed by atoms with van der Waals surface area (Å²) in [6.45, 7) is 12.1. The Morgan fingerprint density at radius 2 is 1.85 bits per heavy atom. The van der Waals surface area contributed by atoms with Gasteiger partial charge in [-0.2, -0.15) is 0 Å². The Hall–Kier alpha value is -3.10. The van der Waals surface area contributed by atoms with Gasteiger partial charge in [0, 0.05) is 37.2 Å². The van der Waals surface area contributed by atoms with Crippen LogP contribution in [0.25, 0.3) is 0 Å². The number of aromatic nitrogens is 1. The summed E-state index contributed by atoms with van der Waals surface area (Å²) in [7, 11) is 1.91. The molecule has 266 valence electrons. The molecule has 1 aromatic heterocycles. The first-order valence-corrected chi connectivity index (χ1v) is 17.6. The zero-order valence-corrected chi connectivity index (χ0v) is 29.8. The fraction of sp³-hybridized carbons (Fsp3) is 0.758. The Bertz CT molecular complexity index is 1190. The molecule has 13 nitrogen and oxygen atoms in total. The van der Waals surface area contributed by atoms with Gasteiger partial charge in [0.1, 0.15) is 22.8 Å². The molecule has 4 N–H and O–H groups in total. The number of likely N-dealkylation sites (N-methyl/N-ethyl adjacent to an activating group) is 1. The number of aliphatic carboxylic acids is 1. The van der Waals surface area contributed by atoms with Crippen LogP contribution < -0.4 is 10.6 Å². The number of esters is 1. The number of carbonyl (C=O) groups excluding carboxylic acids is 4. The van der Waals surface area contributed by atoms with Gasteiger partial charge in [-0.15, -0.1) is 11.3 Å². The van der Waals surface area contributed by atoms with Crippen molar-refractivity contribution in [2.24, 2.45) is 17.8 Å². The number of hydrogen-bond donors (Lipinski definition) is 4. The van der Waals surface area contributed by atoms with Gasteiger partial charge in [0.2, 0.25) is 11.8 Å². The molecule has 0 radical (unpaired) electrons. The third kappa shape index (κ3) is 12.8. The van der Waals surface area contributed by atoms with Crippen LogP contribution in [0, 0.1) is 17.8 Å². The molecule has 3 amide bonds. The fourth-order valence-corrected chi connectivity index (χ4v) is 6.34. The molecular weight excluding hydrogens is 626 g/mol. The number of hydrogen-bond acceptors (Lipinski definition) is 10. The van der Waals surface area contributed by atoms with Gasteiger partial charge in [-0.1, -0.05) is 54.4 Å². The van der Waals surface area contributed by atoms with Crippen molar-refractivity contribution in [2.75, 3.05) is 26.9 Å². The minimum atomic E-state index is -1.14. The monoisotopic (exact) mass is 681 g/mol. The molecule has 1 saturated heterocycles. The number of carboxylic acids is 1. The van der Waals surface area contributed by atoms with E-state index in [1.807, 2.05) is 53.5 Å². The number of ether oxygens (including phenoxy) is 1. The van der Waals surface area contributed by atoms with Gasteiger partial charge in [0.25, 0.3) is 5.91 Å². The zero-order valence-electron chi connectivity index (χ0n) is 29.0. The maximum absolute atomic E-state index is 14.4. The quantitative estimate of drug-likeness (QED) is 0.0959. The lowest BCUT2D eigenvalue weighted by molar-refractivity contribution is -0.160. The number of aliphatic hydroxyl groups excluding tert-OH is 1. The third-order valence-corrected chi connectivity index (χ3v) is 9.55. The molecule has 14 heteroatoms. The molecule has 1 aliphatic heterocycles. The summed E-state index contributed by atoms with van der Waals surface area (Å²) in [5.41, 5.74) is 0.100. The molecule has 1 fully saturated rings. The molecule has 0 spiro atoms. The summed E-state index contributed by atoms with van der Waals surface area (Å²) >= 11 is 1.10. The number of aliphatic hydroxyl groups is 1. The predicted molar refractivity (Wildman–Crippen MR) is 178 cm³/mol. The number of piperidine rings is 1. The lowest BCUT2D eigenvalue weighted by Gasteiger charge is -2.39. The lowest BCUT2D eigenvalue weighted by Crippen LogP contribution is -2.59. The molecule has 5 atom stereocenters. The Labute approximate surface area is 282 Å². The summed E-state index contributed by atoms with van der Waals surface area (Å²) in [6, 6.07) is -1.82. The zero-order chi connectivity index (χ0) is 35.3. The van der Waals surface area contributed by atoms with Crippen LogP contribution >= 0.6 is 11.3 Å². The first-order valence-electron chi connectivity index (χ1n) is 16.8. The molecule has 0 aromatic carbocycles. The summed E-state index contributed by atoms with van der Waals surface area (Å²) in [5.74, 6) is -2.83. The van der Waals surface area contributed by atoms with E-state index in [2.05, 4.69) is 15.6 Å². The molecule has 47 heavy (non-hydrogen) atoms. The van der Waals surface area contributed by atoms with E-state index in [4.69, 9.17) is 9.84 Å². The molecule has 1 aliphatic rings. The Morgan fingerprint density at radius 3 is 2.45 bits per heavy atom. The summed E-state index contributed by atoms with van der Waals surface area (Å²) in [4.78, 5) is 71.6. The number of nitrogens with zero attached hydrogens (tertiary/aromatic N) is 3. The van der Waals surface area contributed by atoms with Crippen molar-refractivity contribution in [3.8, 4) is 0 Å². The van der Waals surface area contributed by atoms with Gasteiger partial charge >= 0.3 is 11.9 Å². The van der Waals surface area contributed by atoms with Crippen LogP contribution in [0.1, 0.15) is 115 Å². The minimum Gasteiger partial charge on any atom is -0.481 e. The van der Waals surface area contributed by atoms with E-state index < -0.39 is 41.9 Å². The van der Waals surface area contributed by atoms with Crippen LogP contribution in [0.15, 0.2) is 5.38 Å². The van der Waals surface area contributed by atoms with Crippen LogP contribution in [0.5, 0.6) is 0 Å². The highest BCUT2D eigenvalue weighted by Crippen LogP contribution is 2.29. The number of carbonyl (C=O) groups is 5. The molecule has 0 unspecified atom stereocenters. The van der Waals surface area contributed by atoms with Crippen LogP contribution in [0.4, 0.5) is 0 Å². The van der Waals surface area contributed by atoms with Crippen molar-refractivity contribution < 1.29 is 38.9 Å². The highest BCUT2D eigenvalue weighted by Gasteiger charge is 2.38. The van der Waals surface area contributed by atoms with E-state index in [0.717, 1.165) is 30.7 Å². The van der Waals surface area contributed by atoms with Crippen LogP contribution in [0.3, 0.4) is 0 Å². The highest BCUT2D eigenvalue weighted by molar-refractivity contribution is 7.09. The van der Waals surface area contributed by atoms with Gasteiger partial charge in [-0.05, 0) is 50.6 Å². The standard InChI is InChI=1S/C33H55N5O8S/c1-8-22(6)29(36-31(44)24-12-9-10-15-37(24)7)33(45)38(19-46-28(42)16-20(2)3)25(21(4)5)17-26(39)32-35-23(18-47-32)30(43)34-14-11-13-27(40)41/h18,20-22,24-26,29,39H,8-17,19H2,1-7H3,(H,34,43)(H,36,44)(H,40,41)/t22-,24+,25+,26+,29-/m0/s1. The van der Waals surface area contributed by atoms with Gasteiger partial charge < -0.3 is 30.5 Å². The fourth-order valence-electron chi connectivity index (χ4n) is 5.54. The van der Waals surface area contributed by atoms with Crippen LogP contribution in [-0.4, -0.2) is 99.7 Å². The van der Waals surface area contributed by atoms with Gasteiger partial charge in [-0.25, -0.2) is 4.98 Å². The first kappa shape index (κ1) is 40.1. The Morgan fingerprint density at radius 1 is 1.15 bits per heavy atom. The summed E-state index contributed by atoms with van der Waals surface area (Å²) < 4.78 is 5.61. The molecule has 0 aliphatic carbocycles. The molecule has 2 rings (SSSR count).